The Morgan fingerprint density at radius 1 is 1.06 bits per heavy atom. The first-order valence-corrected chi connectivity index (χ1v) is 7.50. The first-order valence-electron chi connectivity index (χ1n) is 5.95. The second-order valence-corrected chi connectivity index (χ2v) is 6.11. The molecule has 1 aliphatic rings. The molecule has 1 aromatic rings. The number of hydrogen-bond donors (Lipinski definition) is 2. The predicted octanol–water partition coefficient (Wildman–Crippen LogP) is 2.08. The quantitative estimate of drug-likeness (QED) is 0.867. The van der Waals surface area contributed by atoms with Crippen molar-refractivity contribution in [2.24, 2.45) is 5.14 Å². The lowest BCUT2D eigenvalue weighted by molar-refractivity contribution is 0.463. The first-order chi connectivity index (χ1) is 8.05. The summed E-state index contributed by atoms with van der Waals surface area (Å²) in [6.07, 6.45) is 6.25. The molecule has 0 aliphatic heterocycles. The molecule has 0 heterocycles. The molecule has 94 valence electrons. The van der Waals surface area contributed by atoms with E-state index in [0.717, 1.165) is 5.69 Å². The lowest BCUT2D eigenvalue weighted by Gasteiger charge is -2.23. The Labute approximate surface area is 102 Å². The van der Waals surface area contributed by atoms with Crippen LogP contribution in [0.25, 0.3) is 0 Å². The Kier molecular flexibility index (Phi) is 3.69. The van der Waals surface area contributed by atoms with Gasteiger partial charge in [-0.15, -0.1) is 0 Å². The molecule has 0 saturated heterocycles. The maximum Gasteiger partial charge on any atom is 0.238 e. The molecule has 5 heteroatoms. The van der Waals surface area contributed by atoms with Gasteiger partial charge in [-0.2, -0.15) is 0 Å². The van der Waals surface area contributed by atoms with E-state index in [2.05, 4.69) is 5.32 Å². The third-order valence-corrected chi connectivity index (χ3v) is 4.09. The zero-order chi connectivity index (χ0) is 12.3. The van der Waals surface area contributed by atoms with Gasteiger partial charge >= 0.3 is 0 Å². The molecule has 0 bridgehead atoms. The van der Waals surface area contributed by atoms with E-state index < -0.39 is 10.0 Å². The van der Waals surface area contributed by atoms with Crippen molar-refractivity contribution in [1.29, 1.82) is 0 Å². The van der Waals surface area contributed by atoms with Gasteiger partial charge in [-0.25, -0.2) is 13.6 Å². The fraction of sp³-hybridized carbons (Fsp3) is 0.500. The highest BCUT2D eigenvalue weighted by molar-refractivity contribution is 7.89. The molecule has 1 aliphatic carbocycles. The number of benzene rings is 1. The zero-order valence-corrected chi connectivity index (χ0v) is 10.5. The number of nitrogens with two attached hydrogens (primary N) is 1. The van der Waals surface area contributed by atoms with Gasteiger partial charge in [0.25, 0.3) is 0 Å². The largest absolute Gasteiger partial charge is 0.382 e. The molecule has 1 saturated carbocycles. The van der Waals surface area contributed by atoms with Gasteiger partial charge in [0.2, 0.25) is 10.0 Å². The fourth-order valence-corrected chi connectivity index (χ4v) is 2.74. The van der Waals surface area contributed by atoms with Crippen LogP contribution in [0, 0.1) is 0 Å². The van der Waals surface area contributed by atoms with E-state index in [1.165, 1.54) is 32.1 Å². The summed E-state index contributed by atoms with van der Waals surface area (Å²) in [6.45, 7) is 0. The first kappa shape index (κ1) is 12.4. The SMILES string of the molecule is NS(=O)(=O)c1ccc(NC2CCCCC2)cc1. The van der Waals surface area contributed by atoms with Crippen molar-refractivity contribution in [1.82, 2.24) is 0 Å². The number of sulfonamides is 1. The van der Waals surface area contributed by atoms with Gasteiger partial charge in [-0.3, -0.25) is 0 Å². The Morgan fingerprint density at radius 3 is 2.18 bits per heavy atom. The molecule has 1 fully saturated rings. The Hall–Kier alpha value is -1.07. The average molecular weight is 254 g/mol. The molecule has 3 N–H and O–H groups in total. The average Bonchev–Trinajstić information content (AvgIpc) is 2.30. The monoisotopic (exact) mass is 254 g/mol. The van der Waals surface area contributed by atoms with Crippen LogP contribution in [0.3, 0.4) is 0 Å². The molecule has 0 amide bonds. The summed E-state index contributed by atoms with van der Waals surface area (Å²) in [7, 11) is -3.58. The van der Waals surface area contributed by atoms with Crippen molar-refractivity contribution in [2.75, 3.05) is 5.32 Å². The number of nitrogens with one attached hydrogen (secondary N) is 1. The van der Waals surface area contributed by atoms with E-state index in [9.17, 15) is 8.42 Å². The molecule has 17 heavy (non-hydrogen) atoms. The highest BCUT2D eigenvalue weighted by Crippen LogP contribution is 2.22. The Balaban J connectivity index is 2.03. The van der Waals surface area contributed by atoms with Crippen LogP contribution < -0.4 is 10.5 Å². The van der Waals surface area contributed by atoms with Gasteiger partial charge in [-0.1, -0.05) is 19.3 Å². The summed E-state index contributed by atoms with van der Waals surface area (Å²) in [4.78, 5) is 0.159. The summed E-state index contributed by atoms with van der Waals surface area (Å²) in [5.41, 5.74) is 0.962. The fourth-order valence-electron chi connectivity index (χ4n) is 2.22. The van der Waals surface area contributed by atoms with E-state index in [-0.39, 0.29) is 4.90 Å². The highest BCUT2D eigenvalue weighted by Gasteiger charge is 2.13. The molecular formula is C12H18N2O2S. The van der Waals surface area contributed by atoms with Crippen LogP contribution >= 0.6 is 0 Å². The van der Waals surface area contributed by atoms with Gasteiger partial charge in [0.15, 0.2) is 0 Å². The van der Waals surface area contributed by atoms with Crippen LogP contribution in [0.1, 0.15) is 32.1 Å². The Bertz CT molecular complexity index is 462. The zero-order valence-electron chi connectivity index (χ0n) is 9.72. The molecule has 4 nitrogen and oxygen atoms in total. The van der Waals surface area contributed by atoms with Gasteiger partial charge in [0.05, 0.1) is 4.90 Å². The number of anilines is 1. The topological polar surface area (TPSA) is 72.2 Å². The van der Waals surface area contributed by atoms with Crippen LogP contribution in [0.5, 0.6) is 0 Å². The predicted molar refractivity (Wildman–Crippen MR) is 68.3 cm³/mol. The molecular weight excluding hydrogens is 236 g/mol. The minimum atomic E-state index is -3.58. The van der Waals surface area contributed by atoms with E-state index in [1.807, 2.05) is 0 Å². The standard InChI is InChI=1S/C12H18N2O2S/c13-17(15,16)12-8-6-11(7-9-12)14-10-4-2-1-3-5-10/h6-10,14H,1-5H2,(H2,13,15,16). The highest BCUT2D eigenvalue weighted by atomic mass is 32.2. The van der Waals surface area contributed by atoms with Crippen molar-refractivity contribution in [3.05, 3.63) is 24.3 Å². The van der Waals surface area contributed by atoms with Crippen LogP contribution in [0.15, 0.2) is 29.2 Å². The van der Waals surface area contributed by atoms with Crippen LogP contribution in [-0.2, 0) is 10.0 Å². The molecule has 0 atom stereocenters. The third kappa shape index (κ3) is 3.44. The van der Waals surface area contributed by atoms with Crippen molar-refractivity contribution in [3.8, 4) is 0 Å². The maximum atomic E-state index is 11.1. The molecule has 0 spiro atoms. The minimum absolute atomic E-state index is 0.159. The van der Waals surface area contributed by atoms with Crippen LogP contribution in [0.4, 0.5) is 5.69 Å². The summed E-state index contributed by atoms with van der Waals surface area (Å²) in [6, 6.07) is 7.15. The van der Waals surface area contributed by atoms with Gasteiger partial charge in [0, 0.05) is 11.7 Å². The summed E-state index contributed by atoms with van der Waals surface area (Å²) < 4.78 is 22.2. The van der Waals surface area contributed by atoms with Gasteiger partial charge in [-0.05, 0) is 37.1 Å². The summed E-state index contributed by atoms with van der Waals surface area (Å²) >= 11 is 0. The molecule has 0 unspecified atom stereocenters. The van der Waals surface area contributed by atoms with E-state index in [1.54, 1.807) is 24.3 Å². The second kappa shape index (κ2) is 5.06. The minimum Gasteiger partial charge on any atom is -0.382 e. The molecule has 0 radical (unpaired) electrons. The summed E-state index contributed by atoms with van der Waals surface area (Å²) in [5.74, 6) is 0. The van der Waals surface area contributed by atoms with E-state index >= 15 is 0 Å². The number of primary sulfonamides is 1. The van der Waals surface area contributed by atoms with E-state index in [0.29, 0.717) is 6.04 Å². The van der Waals surface area contributed by atoms with E-state index in [4.69, 9.17) is 5.14 Å². The second-order valence-electron chi connectivity index (χ2n) is 4.55. The van der Waals surface area contributed by atoms with Crippen molar-refractivity contribution >= 4 is 15.7 Å². The number of rotatable bonds is 3. The number of hydrogen-bond acceptors (Lipinski definition) is 3. The maximum absolute atomic E-state index is 11.1. The lowest BCUT2D eigenvalue weighted by Crippen LogP contribution is -2.22. The van der Waals surface area contributed by atoms with Gasteiger partial charge in [0.1, 0.15) is 0 Å². The van der Waals surface area contributed by atoms with Crippen molar-refractivity contribution < 1.29 is 8.42 Å². The molecule has 0 aromatic heterocycles. The third-order valence-electron chi connectivity index (χ3n) is 3.16. The lowest BCUT2D eigenvalue weighted by atomic mass is 9.95. The van der Waals surface area contributed by atoms with Gasteiger partial charge < -0.3 is 5.32 Å². The van der Waals surface area contributed by atoms with Crippen LogP contribution in [0.2, 0.25) is 0 Å². The van der Waals surface area contributed by atoms with Crippen molar-refractivity contribution in [2.45, 2.75) is 43.0 Å². The Morgan fingerprint density at radius 2 is 1.65 bits per heavy atom. The summed E-state index contributed by atoms with van der Waals surface area (Å²) in [5, 5.41) is 8.47. The van der Waals surface area contributed by atoms with Crippen molar-refractivity contribution in [3.63, 3.8) is 0 Å². The normalized spacial score (nSPS) is 17.9. The van der Waals surface area contributed by atoms with Crippen LogP contribution in [-0.4, -0.2) is 14.5 Å². The smallest absolute Gasteiger partial charge is 0.238 e. The molecule has 2 rings (SSSR count). The molecule has 1 aromatic carbocycles.